The number of nitrogens with two attached hydrogens (primary N) is 1. The van der Waals surface area contributed by atoms with E-state index in [2.05, 4.69) is 20.8 Å². The Morgan fingerprint density at radius 2 is 2.15 bits per heavy atom. The average molecular weight is 187 g/mol. The Morgan fingerprint density at radius 3 is 2.62 bits per heavy atom. The summed E-state index contributed by atoms with van der Waals surface area (Å²) in [6.07, 6.45) is -0.305. The van der Waals surface area contributed by atoms with Crippen molar-refractivity contribution < 1.29 is 14.3 Å². The number of rotatable bonds is 1. The average Bonchev–Trinajstić information content (AvgIpc) is 2.31. The molecular formula is C9H17NO3. The number of hydrogen-bond acceptors (Lipinski definition) is 3. The molecule has 13 heavy (non-hydrogen) atoms. The van der Waals surface area contributed by atoms with Crippen LogP contribution in [0, 0.1) is 11.3 Å². The van der Waals surface area contributed by atoms with Crippen molar-refractivity contribution in [2.45, 2.75) is 33.5 Å². The number of primary amides is 1. The fraction of sp³-hybridized carbons (Fsp3) is 0.889. The van der Waals surface area contributed by atoms with Crippen molar-refractivity contribution in [1.29, 1.82) is 0 Å². The van der Waals surface area contributed by atoms with Gasteiger partial charge in [0.15, 0.2) is 0 Å². The highest BCUT2D eigenvalue weighted by molar-refractivity contribution is 5.64. The van der Waals surface area contributed by atoms with Crippen LogP contribution in [-0.4, -0.2) is 19.0 Å². The molecule has 1 heterocycles. The maximum absolute atomic E-state index is 10.5. The maximum atomic E-state index is 10.5. The molecule has 76 valence electrons. The van der Waals surface area contributed by atoms with E-state index in [9.17, 15) is 4.79 Å². The van der Waals surface area contributed by atoms with Gasteiger partial charge in [-0.15, -0.1) is 0 Å². The van der Waals surface area contributed by atoms with Gasteiger partial charge in [-0.3, -0.25) is 0 Å². The van der Waals surface area contributed by atoms with Crippen LogP contribution in [0.2, 0.25) is 0 Å². The van der Waals surface area contributed by atoms with Gasteiger partial charge in [0.1, 0.15) is 0 Å². The fourth-order valence-corrected chi connectivity index (χ4v) is 1.64. The lowest BCUT2D eigenvalue weighted by atomic mass is 9.79. The normalized spacial score (nSPS) is 28.8. The minimum Gasteiger partial charge on any atom is -0.419 e. The summed E-state index contributed by atoms with van der Waals surface area (Å²) in [6.45, 7) is 6.94. The van der Waals surface area contributed by atoms with Crippen molar-refractivity contribution in [1.82, 2.24) is 0 Å². The van der Waals surface area contributed by atoms with Crippen LogP contribution in [0.4, 0.5) is 4.79 Å². The van der Waals surface area contributed by atoms with Crippen LogP contribution in [0.15, 0.2) is 0 Å². The second-order valence-corrected chi connectivity index (χ2v) is 4.44. The zero-order chi connectivity index (χ0) is 10.1. The molecule has 0 spiro atoms. The van der Waals surface area contributed by atoms with Crippen molar-refractivity contribution in [2.24, 2.45) is 17.1 Å². The first-order chi connectivity index (χ1) is 5.91. The van der Waals surface area contributed by atoms with Crippen molar-refractivity contribution >= 4 is 6.09 Å². The molecule has 0 aromatic heterocycles. The summed E-state index contributed by atoms with van der Waals surface area (Å²) < 4.78 is 10.1. The maximum Gasteiger partial charge on any atom is 0.406 e. The Labute approximate surface area is 78.4 Å². The molecule has 0 bridgehead atoms. The largest absolute Gasteiger partial charge is 0.419 e. The second-order valence-electron chi connectivity index (χ2n) is 4.44. The highest BCUT2D eigenvalue weighted by atomic mass is 16.7. The Hall–Kier alpha value is -0.770. The molecule has 2 unspecified atom stereocenters. The molecule has 0 aliphatic carbocycles. The molecule has 1 rings (SSSR count). The quantitative estimate of drug-likeness (QED) is 0.676. The topological polar surface area (TPSA) is 61.6 Å². The van der Waals surface area contributed by atoms with Gasteiger partial charge in [0, 0.05) is 5.92 Å². The highest BCUT2D eigenvalue weighted by Crippen LogP contribution is 2.37. The molecule has 4 nitrogen and oxygen atoms in total. The van der Waals surface area contributed by atoms with E-state index in [1.165, 1.54) is 0 Å². The van der Waals surface area contributed by atoms with Crippen LogP contribution in [0.1, 0.15) is 27.2 Å². The summed E-state index contributed by atoms with van der Waals surface area (Å²) in [6, 6.07) is 0. The first-order valence-corrected chi connectivity index (χ1v) is 4.49. The van der Waals surface area contributed by atoms with Gasteiger partial charge in [-0.25, -0.2) is 4.79 Å². The molecule has 0 aromatic rings. The number of amides is 1. The molecular weight excluding hydrogens is 170 g/mol. The molecule has 4 heteroatoms. The minimum atomic E-state index is -0.763. The van der Waals surface area contributed by atoms with Crippen LogP contribution in [0.5, 0.6) is 0 Å². The third-order valence-electron chi connectivity index (χ3n) is 2.38. The molecule has 0 aromatic carbocycles. The van der Waals surface area contributed by atoms with E-state index < -0.39 is 12.4 Å². The third kappa shape index (κ3) is 2.59. The molecule has 1 amide bonds. The lowest BCUT2D eigenvalue weighted by Gasteiger charge is -2.29. The first-order valence-electron chi connectivity index (χ1n) is 4.49. The van der Waals surface area contributed by atoms with Gasteiger partial charge in [-0.2, -0.15) is 0 Å². The van der Waals surface area contributed by atoms with Gasteiger partial charge in [-0.05, 0) is 11.8 Å². The molecule has 2 N–H and O–H groups in total. The van der Waals surface area contributed by atoms with Gasteiger partial charge in [-0.1, -0.05) is 20.8 Å². The first kappa shape index (κ1) is 10.3. The van der Waals surface area contributed by atoms with Gasteiger partial charge in [0.2, 0.25) is 6.29 Å². The second kappa shape index (κ2) is 3.54. The molecule has 0 radical (unpaired) electrons. The Morgan fingerprint density at radius 1 is 1.54 bits per heavy atom. The number of hydrogen-bond donors (Lipinski definition) is 1. The summed E-state index contributed by atoms with van der Waals surface area (Å²) in [7, 11) is 0. The summed E-state index contributed by atoms with van der Waals surface area (Å²) >= 11 is 0. The van der Waals surface area contributed by atoms with E-state index in [0.29, 0.717) is 6.61 Å². The van der Waals surface area contributed by atoms with Crippen LogP contribution in [0.25, 0.3) is 0 Å². The summed E-state index contributed by atoms with van der Waals surface area (Å²) in [5.41, 5.74) is 5.02. The monoisotopic (exact) mass is 187 g/mol. The molecule has 1 fully saturated rings. The molecule has 1 aliphatic rings. The van der Waals surface area contributed by atoms with Crippen LogP contribution in [-0.2, 0) is 9.47 Å². The zero-order valence-corrected chi connectivity index (χ0v) is 8.37. The van der Waals surface area contributed by atoms with Gasteiger partial charge >= 0.3 is 6.09 Å². The van der Waals surface area contributed by atoms with Crippen molar-refractivity contribution in [2.75, 3.05) is 6.61 Å². The summed E-state index contributed by atoms with van der Waals surface area (Å²) in [5, 5.41) is 0. The van der Waals surface area contributed by atoms with E-state index in [4.69, 9.17) is 15.2 Å². The Balaban J connectivity index is 2.59. The summed E-state index contributed by atoms with van der Waals surface area (Å²) in [5.74, 6) is 0.236. The molecule has 0 saturated carbocycles. The minimum absolute atomic E-state index is 0.0800. The van der Waals surface area contributed by atoms with Crippen LogP contribution >= 0.6 is 0 Å². The van der Waals surface area contributed by atoms with E-state index in [1.807, 2.05) is 0 Å². The number of ether oxygens (including phenoxy) is 2. The molecule has 1 saturated heterocycles. The Bertz CT molecular complexity index is 198. The van der Waals surface area contributed by atoms with E-state index in [-0.39, 0.29) is 11.3 Å². The van der Waals surface area contributed by atoms with E-state index in [0.717, 1.165) is 6.42 Å². The molecule has 2 atom stereocenters. The van der Waals surface area contributed by atoms with Crippen molar-refractivity contribution in [3.63, 3.8) is 0 Å². The van der Waals surface area contributed by atoms with Crippen molar-refractivity contribution in [3.05, 3.63) is 0 Å². The van der Waals surface area contributed by atoms with Crippen molar-refractivity contribution in [3.8, 4) is 0 Å². The SMILES string of the molecule is CC(C)(C)C1CCOC1OC(N)=O. The molecule has 1 aliphatic heterocycles. The predicted molar refractivity (Wildman–Crippen MR) is 48.0 cm³/mol. The van der Waals surface area contributed by atoms with E-state index >= 15 is 0 Å². The predicted octanol–water partition coefficient (Wildman–Crippen LogP) is 1.49. The van der Waals surface area contributed by atoms with Gasteiger partial charge in [0.25, 0.3) is 0 Å². The lowest BCUT2D eigenvalue weighted by Crippen LogP contribution is -2.33. The Kier molecular flexibility index (Phi) is 2.81. The van der Waals surface area contributed by atoms with Gasteiger partial charge < -0.3 is 15.2 Å². The standard InChI is InChI=1S/C9H17NO3/c1-9(2,3)6-4-5-12-7(6)13-8(10)11/h6-7H,4-5H2,1-3H3,(H2,10,11). The highest BCUT2D eigenvalue weighted by Gasteiger charge is 2.39. The number of carbonyl (C=O) groups is 1. The smallest absolute Gasteiger partial charge is 0.406 e. The van der Waals surface area contributed by atoms with Crippen LogP contribution in [0.3, 0.4) is 0 Å². The fourth-order valence-electron chi connectivity index (χ4n) is 1.64. The van der Waals surface area contributed by atoms with Crippen LogP contribution < -0.4 is 5.73 Å². The third-order valence-corrected chi connectivity index (χ3v) is 2.38. The number of carbonyl (C=O) groups excluding carboxylic acids is 1. The summed E-state index contributed by atoms with van der Waals surface area (Å²) in [4.78, 5) is 10.5. The van der Waals surface area contributed by atoms with Gasteiger partial charge in [0.05, 0.1) is 6.61 Å². The lowest BCUT2D eigenvalue weighted by molar-refractivity contribution is -0.105. The van der Waals surface area contributed by atoms with E-state index in [1.54, 1.807) is 0 Å². The zero-order valence-electron chi connectivity index (χ0n) is 8.37.